The van der Waals surface area contributed by atoms with E-state index in [1.165, 1.54) is 7.11 Å². The number of amides is 1. The van der Waals surface area contributed by atoms with Gasteiger partial charge in [-0.25, -0.2) is 4.79 Å². The molecule has 0 heterocycles. The zero-order chi connectivity index (χ0) is 20.6. The van der Waals surface area contributed by atoms with Crippen molar-refractivity contribution in [2.75, 3.05) is 20.3 Å². The van der Waals surface area contributed by atoms with Crippen molar-refractivity contribution in [3.8, 4) is 5.75 Å². The van der Waals surface area contributed by atoms with Gasteiger partial charge < -0.3 is 14.8 Å². The Morgan fingerprint density at radius 2 is 1.79 bits per heavy atom. The molecule has 0 radical (unpaired) electrons. The molecule has 0 aliphatic rings. The molecule has 2 rings (SSSR count). The van der Waals surface area contributed by atoms with Gasteiger partial charge in [0, 0.05) is 0 Å². The zero-order valence-corrected chi connectivity index (χ0v) is 15.0. The number of halogens is 3. The third kappa shape index (κ3) is 6.79. The minimum absolute atomic E-state index is 0.150. The highest BCUT2D eigenvalue weighted by Gasteiger charge is 2.28. The summed E-state index contributed by atoms with van der Waals surface area (Å²) in [6.07, 6.45) is -2.99. The highest BCUT2D eigenvalue weighted by atomic mass is 19.4. The van der Waals surface area contributed by atoms with Crippen LogP contribution in [0.3, 0.4) is 0 Å². The van der Waals surface area contributed by atoms with Gasteiger partial charge in [0.2, 0.25) is 0 Å². The predicted octanol–water partition coefficient (Wildman–Crippen LogP) is 3.46. The van der Waals surface area contributed by atoms with Crippen LogP contribution in [0.5, 0.6) is 5.75 Å². The summed E-state index contributed by atoms with van der Waals surface area (Å²) in [4.78, 5) is 24.0. The summed E-state index contributed by atoms with van der Waals surface area (Å²) in [5, 5.41) is 1.64. The largest absolute Gasteiger partial charge is 0.497 e. The molecule has 0 fully saturated rings. The molecule has 1 N–H and O–H groups in total. The van der Waals surface area contributed by atoms with Crippen molar-refractivity contribution in [1.29, 1.82) is 0 Å². The zero-order valence-electron chi connectivity index (χ0n) is 15.0. The van der Waals surface area contributed by atoms with Crippen molar-refractivity contribution in [3.63, 3.8) is 0 Å². The van der Waals surface area contributed by atoms with Crippen molar-refractivity contribution in [1.82, 2.24) is 5.32 Å². The second kappa shape index (κ2) is 9.59. The molecule has 1 amide bonds. The first-order valence-electron chi connectivity index (χ1n) is 8.20. The molecule has 8 heteroatoms. The van der Waals surface area contributed by atoms with E-state index in [1.807, 2.05) is 0 Å². The number of rotatable bonds is 7. The number of carbonyl (C=O) groups excluding carboxylic acids is 2. The molecule has 0 saturated heterocycles. The smallest absolute Gasteiger partial charge is 0.405 e. The number of hydrogen-bond donors (Lipinski definition) is 1. The first-order valence-corrected chi connectivity index (χ1v) is 8.20. The molecule has 5 nitrogen and oxygen atoms in total. The highest BCUT2D eigenvalue weighted by molar-refractivity contribution is 6.21. The molecule has 0 aliphatic carbocycles. The van der Waals surface area contributed by atoms with Gasteiger partial charge in [-0.05, 0) is 29.3 Å². The van der Waals surface area contributed by atoms with E-state index in [2.05, 4.69) is 0 Å². The van der Waals surface area contributed by atoms with Crippen LogP contribution in [0, 0.1) is 0 Å². The van der Waals surface area contributed by atoms with Crippen molar-refractivity contribution in [2.24, 2.45) is 0 Å². The lowest BCUT2D eigenvalue weighted by Crippen LogP contribution is -2.36. The topological polar surface area (TPSA) is 64.6 Å². The fourth-order valence-electron chi connectivity index (χ4n) is 2.23. The first-order chi connectivity index (χ1) is 13.3. The van der Waals surface area contributed by atoms with Crippen LogP contribution in [-0.2, 0) is 14.3 Å². The van der Waals surface area contributed by atoms with E-state index in [0.717, 1.165) is 0 Å². The van der Waals surface area contributed by atoms with E-state index in [-0.39, 0.29) is 5.57 Å². The second-order valence-corrected chi connectivity index (χ2v) is 5.67. The second-order valence-electron chi connectivity index (χ2n) is 5.67. The summed E-state index contributed by atoms with van der Waals surface area (Å²) in [5.41, 5.74) is 1.33. The molecule has 2 aromatic rings. The molecule has 0 saturated carbocycles. The van der Waals surface area contributed by atoms with Crippen LogP contribution in [0.4, 0.5) is 13.2 Å². The van der Waals surface area contributed by atoms with Gasteiger partial charge in [-0.1, -0.05) is 42.5 Å². The average molecular weight is 393 g/mol. The molecule has 0 aliphatic heterocycles. The van der Waals surface area contributed by atoms with Gasteiger partial charge in [0.1, 0.15) is 12.3 Å². The monoisotopic (exact) mass is 393 g/mol. The average Bonchev–Trinajstić information content (AvgIpc) is 2.69. The third-order valence-electron chi connectivity index (χ3n) is 3.53. The number of esters is 1. The predicted molar refractivity (Wildman–Crippen MR) is 97.3 cm³/mol. The minimum Gasteiger partial charge on any atom is -0.497 e. The number of ether oxygens (including phenoxy) is 2. The summed E-state index contributed by atoms with van der Waals surface area (Å²) in [6.45, 7) is -2.31. The van der Waals surface area contributed by atoms with Crippen molar-refractivity contribution in [2.45, 2.75) is 6.18 Å². The van der Waals surface area contributed by atoms with Crippen molar-refractivity contribution >= 4 is 23.5 Å². The minimum atomic E-state index is -4.54. The fourth-order valence-corrected chi connectivity index (χ4v) is 2.23. The summed E-state index contributed by atoms with van der Waals surface area (Å²) < 4.78 is 46.4. The maximum atomic E-state index is 12.5. The number of hydrogen-bond acceptors (Lipinski definition) is 4. The van der Waals surface area contributed by atoms with Crippen LogP contribution in [0.2, 0.25) is 0 Å². The van der Waals surface area contributed by atoms with Crippen LogP contribution in [0.15, 0.2) is 54.6 Å². The molecular formula is C20H18F3NO4. The Kier molecular flexibility index (Phi) is 7.20. The van der Waals surface area contributed by atoms with Gasteiger partial charge in [-0.3, -0.25) is 4.79 Å². The van der Waals surface area contributed by atoms with Crippen molar-refractivity contribution < 1.29 is 32.2 Å². The first kappa shape index (κ1) is 21.0. The molecule has 0 aromatic heterocycles. The Balaban J connectivity index is 2.17. The van der Waals surface area contributed by atoms with E-state index in [0.29, 0.717) is 16.9 Å². The number of carbonyl (C=O) groups is 2. The molecule has 0 atom stereocenters. The van der Waals surface area contributed by atoms with Gasteiger partial charge in [-0.2, -0.15) is 13.2 Å². The van der Waals surface area contributed by atoms with E-state index in [4.69, 9.17) is 9.47 Å². The fraction of sp³-hybridized carbons (Fsp3) is 0.200. The Labute approximate surface area is 159 Å². The molecular weight excluding hydrogens is 375 g/mol. The van der Waals surface area contributed by atoms with Crippen molar-refractivity contribution in [3.05, 3.63) is 65.7 Å². The highest BCUT2D eigenvalue weighted by Crippen LogP contribution is 2.22. The number of methoxy groups -OCH3 is 1. The van der Waals surface area contributed by atoms with Crippen LogP contribution >= 0.6 is 0 Å². The number of alkyl halides is 3. The summed E-state index contributed by atoms with van der Waals surface area (Å²) in [6, 6.07) is 15.5. The normalized spacial score (nSPS) is 11.6. The van der Waals surface area contributed by atoms with E-state index >= 15 is 0 Å². The Hall–Kier alpha value is -3.29. The number of nitrogens with one attached hydrogen (secondary N) is 1. The molecule has 148 valence electrons. The Morgan fingerprint density at radius 1 is 1.07 bits per heavy atom. The van der Waals surface area contributed by atoms with Gasteiger partial charge in [-0.15, -0.1) is 0 Å². The maximum absolute atomic E-state index is 12.5. The number of benzene rings is 2. The van der Waals surface area contributed by atoms with Crippen LogP contribution in [-0.4, -0.2) is 38.3 Å². The summed E-state index contributed by atoms with van der Waals surface area (Å²) in [5.74, 6) is -1.29. The molecule has 28 heavy (non-hydrogen) atoms. The quantitative estimate of drug-likeness (QED) is 0.445. The molecule has 0 spiro atoms. The van der Waals surface area contributed by atoms with E-state index in [9.17, 15) is 22.8 Å². The lowest BCUT2D eigenvalue weighted by Gasteiger charge is -2.11. The summed E-state index contributed by atoms with van der Waals surface area (Å²) >= 11 is 0. The van der Waals surface area contributed by atoms with Crippen LogP contribution in [0.1, 0.15) is 11.1 Å². The molecule has 0 bridgehead atoms. The lowest BCUT2D eigenvalue weighted by molar-refractivity contribution is -0.147. The van der Waals surface area contributed by atoms with Gasteiger partial charge in [0.05, 0.1) is 12.7 Å². The van der Waals surface area contributed by atoms with Gasteiger partial charge in [0.15, 0.2) is 6.61 Å². The Morgan fingerprint density at radius 3 is 2.43 bits per heavy atom. The Bertz CT molecular complexity index is 848. The third-order valence-corrected chi connectivity index (χ3v) is 3.53. The van der Waals surface area contributed by atoms with Crippen LogP contribution < -0.4 is 10.1 Å². The SMILES string of the molecule is COc1cccc(/C=C(/C(=O)OCC(=O)NCC(F)(F)F)c2ccccc2)c1. The maximum Gasteiger partial charge on any atom is 0.405 e. The van der Waals surface area contributed by atoms with E-state index < -0.39 is 31.2 Å². The van der Waals surface area contributed by atoms with Crippen LogP contribution in [0.25, 0.3) is 11.6 Å². The van der Waals surface area contributed by atoms with E-state index in [1.54, 1.807) is 66.0 Å². The molecule has 2 aromatic carbocycles. The molecule has 0 unspecified atom stereocenters. The lowest BCUT2D eigenvalue weighted by atomic mass is 10.0. The van der Waals surface area contributed by atoms with Gasteiger partial charge >= 0.3 is 12.1 Å². The standard InChI is InChI=1S/C20H18F3NO4/c1-27-16-9-5-6-14(10-16)11-17(15-7-3-2-4-8-15)19(26)28-12-18(25)24-13-20(21,22)23/h2-11H,12-13H2,1H3,(H,24,25)/b17-11+. The van der Waals surface area contributed by atoms with Gasteiger partial charge in [0.25, 0.3) is 5.91 Å². The summed E-state index contributed by atoms with van der Waals surface area (Å²) in [7, 11) is 1.51.